The van der Waals surface area contributed by atoms with E-state index in [0.29, 0.717) is 0 Å². The molecule has 0 amide bonds. The van der Waals surface area contributed by atoms with Gasteiger partial charge in [0.15, 0.2) is 0 Å². The van der Waals surface area contributed by atoms with E-state index in [4.69, 9.17) is 0 Å². The van der Waals surface area contributed by atoms with Crippen LogP contribution < -0.4 is 5.56 Å². The summed E-state index contributed by atoms with van der Waals surface area (Å²) in [5.74, 6) is 0. The van der Waals surface area contributed by atoms with Gasteiger partial charge < -0.3 is 4.98 Å². The highest BCUT2D eigenvalue weighted by atomic mass is 32.1. The van der Waals surface area contributed by atoms with E-state index in [9.17, 15) is 4.79 Å². The third-order valence-electron chi connectivity index (χ3n) is 10.1. The molecule has 0 saturated heterocycles. The van der Waals surface area contributed by atoms with Crippen molar-refractivity contribution in [2.45, 2.75) is 0 Å². The molecule has 218 valence electrons. The van der Waals surface area contributed by atoms with Crippen LogP contribution in [0.25, 0.3) is 102 Å². The van der Waals surface area contributed by atoms with E-state index in [1.165, 1.54) is 30.9 Å². The maximum atomic E-state index is 14.4. The van der Waals surface area contributed by atoms with Crippen LogP contribution in [0.5, 0.6) is 0 Å². The maximum absolute atomic E-state index is 14.4. The Morgan fingerprint density at radius 1 is 0.468 bits per heavy atom. The fourth-order valence-corrected chi connectivity index (χ4v) is 9.03. The predicted molar refractivity (Wildman–Crippen MR) is 200 cm³/mol. The van der Waals surface area contributed by atoms with Crippen molar-refractivity contribution in [1.29, 1.82) is 0 Å². The van der Waals surface area contributed by atoms with Crippen LogP contribution in [0.1, 0.15) is 0 Å². The molecule has 1 N–H and O–H groups in total. The zero-order valence-electron chi connectivity index (χ0n) is 25.0. The molecule has 11 rings (SSSR count). The SMILES string of the molecule is O=c1c2ccccc2c2c(-c3ccc4[nH]c5ccccc5c4c3)ccc3c4ccc(-c5ccc6sc7ccccc7c6c5)cc4n1c32. The van der Waals surface area contributed by atoms with Crippen LogP contribution in [0.4, 0.5) is 0 Å². The summed E-state index contributed by atoms with van der Waals surface area (Å²) in [4.78, 5) is 18.0. The lowest BCUT2D eigenvalue weighted by Crippen LogP contribution is -2.13. The number of aromatic nitrogens is 2. The Morgan fingerprint density at radius 3 is 2.04 bits per heavy atom. The zero-order valence-corrected chi connectivity index (χ0v) is 25.9. The van der Waals surface area contributed by atoms with Gasteiger partial charge in [-0.1, -0.05) is 91.0 Å². The summed E-state index contributed by atoms with van der Waals surface area (Å²) in [6, 6.07) is 49.6. The number of para-hydroxylation sites is 1. The fraction of sp³-hybridized carbons (Fsp3) is 0. The van der Waals surface area contributed by atoms with Crippen LogP contribution in [-0.4, -0.2) is 9.38 Å². The summed E-state index contributed by atoms with van der Waals surface area (Å²) in [6.07, 6.45) is 0. The van der Waals surface area contributed by atoms with Gasteiger partial charge in [0.05, 0.1) is 11.0 Å². The first-order valence-corrected chi connectivity index (χ1v) is 16.7. The van der Waals surface area contributed by atoms with E-state index in [2.05, 4.69) is 126 Å². The van der Waals surface area contributed by atoms with E-state index in [-0.39, 0.29) is 5.56 Å². The molecule has 7 aromatic carbocycles. The van der Waals surface area contributed by atoms with E-state index < -0.39 is 0 Å². The molecular weight excluding hydrogens is 593 g/mol. The molecule has 0 unspecified atom stereocenters. The summed E-state index contributed by atoms with van der Waals surface area (Å²) in [5.41, 5.74) is 8.72. The number of pyridine rings is 1. The first-order chi connectivity index (χ1) is 23.2. The molecule has 4 aromatic heterocycles. The van der Waals surface area contributed by atoms with Crippen molar-refractivity contribution >= 4 is 91.3 Å². The summed E-state index contributed by atoms with van der Waals surface area (Å²) in [7, 11) is 0. The standard InChI is InChI=1S/C43H24N2OS/c46-43-33-10-2-1-9-31(33)41-27(26-14-19-37-34(22-26)28-7-3-5-11-36(28)44-37)17-18-32-29-16-13-25(23-38(29)45(43)42(32)41)24-15-20-40-35(21-24)30-8-4-6-12-39(30)47-40/h1-23,44H. The largest absolute Gasteiger partial charge is 0.355 e. The highest BCUT2D eigenvalue weighted by Crippen LogP contribution is 2.42. The lowest BCUT2D eigenvalue weighted by atomic mass is 9.94. The molecule has 4 heteroatoms. The van der Waals surface area contributed by atoms with Crippen LogP contribution in [0, 0.1) is 0 Å². The Hall–Kier alpha value is -5.97. The predicted octanol–water partition coefficient (Wildman–Crippen LogP) is 11.5. The topological polar surface area (TPSA) is 37.3 Å². The van der Waals surface area contributed by atoms with Gasteiger partial charge in [-0.15, -0.1) is 11.3 Å². The number of nitrogens with one attached hydrogen (secondary N) is 1. The van der Waals surface area contributed by atoms with Gasteiger partial charge >= 0.3 is 0 Å². The minimum absolute atomic E-state index is 0.0220. The molecule has 0 fully saturated rings. The second-order valence-electron chi connectivity index (χ2n) is 12.5. The normalized spacial score (nSPS) is 12.3. The third-order valence-corrected chi connectivity index (χ3v) is 11.2. The van der Waals surface area contributed by atoms with Crippen molar-refractivity contribution in [1.82, 2.24) is 9.38 Å². The number of fused-ring (bicyclic) bond motifs is 11. The summed E-state index contributed by atoms with van der Waals surface area (Å²) >= 11 is 1.83. The molecule has 0 aliphatic carbocycles. The number of H-pyrrole nitrogens is 1. The Balaban J connectivity index is 1.21. The number of hydrogen-bond acceptors (Lipinski definition) is 2. The van der Waals surface area contributed by atoms with Gasteiger partial charge in [0, 0.05) is 63.5 Å². The Morgan fingerprint density at radius 2 is 1.13 bits per heavy atom. The van der Waals surface area contributed by atoms with E-state index in [1.54, 1.807) is 0 Å². The highest BCUT2D eigenvalue weighted by Gasteiger charge is 2.21. The Kier molecular flexibility index (Phi) is 4.87. The molecule has 0 saturated carbocycles. The molecule has 4 heterocycles. The fourth-order valence-electron chi connectivity index (χ4n) is 7.94. The number of rotatable bonds is 2. The van der Waals surface area contributed by atoms with Gasteiger partial charge in [-0.2, -0.15) is 0 Å². The van der Waals surface area contributed by atoms with Crippen molar-refractivity contribution in [2.75, 3.05) is 0 Å². The molecule has 3 nitrogen and oxygen atoms in total. The molecular formula is C43H24N2OS. The van der Waals surface area contributed by atoms with Crippen LogP contribution in [0.2, 0.25) is 0 Å². The average Bonchev–Trinajstić information content (AvgIpc) is 3.79. The van der Waals surface area contributed by atoms with Crippen LogP contribution >= 0.6 is 11.3 Å². The monoisotopic (exact) mass is 616 g/mol. The second-order valence-corrected chi connectivity index (χ2v) is 13.6. The molecule has 11 aromatic rings. The molecule has 0 aliphatic heterocycles. The number of benzene rings is 7. The molecule has 0 aliphatic rings. The van der Waals surface area contributed by atoms with Crippen molar-refractivity contribution < 1.29 is 0 Å². The quantitative estimate of drug-likeness (QED) is 0.193. The number of hydrogen-bond donors (Lipinski definition) is 1. The molecule has 0 spiro atoms. The number of thiophene rings is 1. The Labute approximate surface area is 271 Å². The van der Waals surface area contributed by atoms with Crippen molar-refractivity contribution in [3.8, 4) is 22.3 Å². The number of nitrogens with zero attached hydrogens (tertiary/aromatic N) is 1. The lowest BCUT2D eigenvalue weighted by Gasteiger charge is -2.12. The van der Waals surface area contributed by atoms with Gasteiger partial charge in [-0.3, -0.25) is 9.20 Å². The molecule has 0 radical (unpaired) electrons. The van der Waals surface area contributed by atoms with Crippen molar-refractivity contribution in [3.05, 3.63) is 150 Å². The van der Waals surface area contributed by atoms with Gasteiger partial charge in [0.25, 0.3) is 5.56 Å². The molecule has 0 atom stereocenters. The zero-order chi connectivity index (χ0) is 30.8. The number of aromatic amines is 1. The van der Waals surface area contributed by atoms with Crippen LogP contribution in [0.15, 0.2) is 144 Å². The van der Waals surface area contributed by atoms with Gasteiger partial charge in [-0.05, 0) is 76.2 Å². The first kappa shape index (κ1) is 25.2. The van der Waals surface area contributed by atoms with Crippen molar-refractivity contribution in [3.63, 3.8) is 0 Å². The lowest BCUT2D eigenvalue weighted by molar-refractivity contribution is 1.21. The molecule has 0 bridgehead atoms. The van der Waals surface area contributed by atoms with E-state index in [1.807, 2.05) is 33.9 Å². The third kappa shape index (κ3) is 3.37. The van der Waals surface area contributed by atoms with Crippen LogP contribution in [-0.2, 0) is 0 Å². The minimum atomic E-state index is 0.0220. The van der Waals surface area contributed by atoms with Gasteiger partial charge in [0.2, 0.25) is 0 Å². The summed E-state index contributed by atoms with van der Waals surface area (Å²) < 4.78 is 4.56. The molecule has 47 heavy (non-hydrogen) atoms. The summed E-state index contributed by atoms with van der Waals surface area (Å²) in [6.45, 7) is 0. The highest BCUT2D eigenvalue weighted by molar-refractivity contribution is 7.25. The maximum Gasteiger partial charge on any atom is 0.263 e. The average molecular weight is 617 g/mol. The minimum Gasteiger partial charge on any atom is -0.355 e. The van der Waals surface area contributed by atoms with E-state index >= 15 is 0 Å². The second kappa shape index (κ2) is 9.06. The van der Waals surface area contributed by atoms with Crippen molar-refractivity contribution in [2.24, 2.45) is 0 Å². The van der Waals surface area contributed by atoms with Gasteiger partial charge in [-0.25, -0.2) is 0 Å². The van der Waals surface area contributed by atoms with E-state index in [0.717, 1.165) is 71.3 Å². The van der Waals surface area contributed by atoms with Crippen LogP contribution in [0.3, 0.4) is 0 Å². The summed E-state index contributed by atoms with van der Waals surface area (Å²) in [5, 5.41) is 9.99. The smallest absolute Gasteiger partial charge is 0.263 e. The van der Waals surface area contributed by atoms with Gasteiger partial charge in [0.1, 0.15) is 0 Å². The Bertz CT molecular complexity index is 3160. The first-order valence-electron chi connectivity index (χ1n) is 15.9.